The van der Waals surface area contributed by atoms with Crippen LogP contribution in [0.15, 0.2) is 24.3 Å². The third-order valence-corrected chi connectivity index (χ3v) is 3.68. The minimum absolute atomic E-state index is 0.385. The molecule has 0 aromatic heterocycles. The quantitative estimate of drug-likeness (QED) is 0.772. The van der Waals surface area contributed by atoms with E-state index >= 15 is 0 Å². The van der Waals surface area contributed by atoms with E-state index in [9.17, 15) is 9.59 Å². The van der Waals surface area contributed by atoms with Gasteiger partial charge >= 0.3 is 5.97 Å². The number of hydrogen-bond donors (Lipinski definition) is 1. The second kappa shape index (κ2) is 9.34. The molecule has 5 nitrogen and oxygen atoms in total. The van der Waals surface area contributed by atoms with Gasteiger partial charge in [0.1, 0.15) is 12.1 Å². The van der Waals surface area contributed by atoms with Crippen molar-refractivity contribution in [2.24, 2.45) is 0 Å². The van der Waals surface area contributed by atoms with Gasteiger partial charge in [-0.15, -0.1) is 0 Å². The molecule has 1 amide bonds. The first-order chi connectivity index (χ1) is 10.5. The molecule has 0 saturated heterocycles. The number of nitrogens with one attached hydrogen (secondary N) is 1. The predicted octanol–water partition coefficient (Wildman–Crippen LogP) is 2.65. The van der Waals surface area contributed by atoms with E-state index in [2.05, 4.69) is 5.32 Å². The molecule has 0 spiro atoms. The van der Waals surface area contributed by atoms with E-state index in [0.717, 1.165) is 0 Å². The number of thioether (sulfide) groups is 1. The molecule has 0 saturated carbocycles. The predicted molar refractivity (Wildman–Crippen MR) is 86.9 cm³/mol. The van der Waals surface area contributed by atoms with Crippen LogP contribution in [-0.2, 0) is 9.53 Å². The highest BCUT2D eigenvalue weighted by Crippen LogP contribution is 2.11. The average Bonchev–Trinajstić information content (AvgIpc) is 2.51. The molecule has 1 aromatic rings. The molecule has 0 heterocycles. The van der Waals surface area contributed by atoms with E-state index in [0.29, 0.717) is 22.8 Å². The molecule has 0 unspecified atom stereocenters. The number of ether oxygens (including phenoxy) is 1. The zero-order valence-corrected chi connectivity index (χ0v) is 13.9. The molecular formula is C15H17ClN2O3S. The van der Waals surface area contributed by atoms with Gasteiger partial charge in [-0.3, -0.25) is 4.79 Å². The van der Waals surface area contributed by atoms with E-state index in [-0.39, 0.29) is 5.91 Å². The van der Waals surface area contributed by atoms with Gasteiger partial charge in [0, 0.05) is 10.6 Å². The molecule has 1 rings (SSSR count). The minimum Gasteiger partial charge on any atom is -0.446 e. The highest BCUT2D eigenvalue weighted by molar-refractivity contribution is 7.98. The van der Waals surface area contributed by atoms with Gasteiger partial charge in [-0.05, 0) is 49.6 Å². The fraction of sp³-hybridized carbons (Fsp3) is 0.400. The Hall–Kier alpha value is -1.71. The van der Waals surface area contributed by atoms with Crippen LogP contribution in [0.3, 0.4) is 0 Å². The molecule has 0 aliphatic rings. The minimum atomic E-state index is -0.850. The van der Waals surface area contributed by atoms with Crippen molar-refractivity contribution in [1.82, 2.24) is 5.32 Å². The number of benzene rings is 1. The van der Waals surface area contributed by atoms with E-state index in [1.807, 2.05) is 12.3 Å². The first-order valence-electron chi connectivity index (χ1n) is 6.63. The van der Waals surface area contributed by atoms with Crippen molar-refractivity contribution in [3.8, 4) is 6.07 Å². The third kappa shape index (κ3) is 5.96. The lowest BCUT2D eigenvalue weighted by Gasteiger charge is -2.18. The van der Waals surface area contributed by atoms with Gasteiger partial charge in [0.05, 0.1) is 0 Å². The van der Waals surface area contributed by atoms with E-state index in [4.69, 9.17) is 21.6 Å². The zero-order chi connectivity index (χ0) is 16.5. The summed E-state index contributed by atoms with van der Waals surface area (Å²) in [6.45, 7) is 1.48. The van der Waals surface area contributed by atoms with Gasteiger partial charge in [-0.1, -0.05) is 11.6 Å². The average molecular weight is 341 g/mol. The van der Waals surface area contributed by atoms with E-state index in [1.165, 1.54) is 6.92 Å². The molecular weight excluding hydrogens is 324 g/mol. The molecule has 1 N–H and O–H groups in total. The monoisotopic (exact) mass is 340 g/mol. The van der Waals surface area contributed by atoms with Crippen molar-refractivity contribution in [3.63, 3.8) is 0 Å². The largest absolute Gasteiger partial charge is 0.446 e. The summed E-state index contributed by atoms with van der Waals surface area (Å²) in [6, 6.07) is 7.39. The first kappa shape index (κ1) is 18.3. The molecule has 0 fully saturated rings. The SMILES string of the molecule is CSCC[C@H](NC(=O)c1ccc(Cl)cc1)C(=O)O[C@@H](C)C#N. The Kier molecular flexibility index (Phi) is 7.78. The van der Waals surface area contributed by atoms with E-state index < -0.39 is 18.1 Å². The Morgan fingerprint density at radius 2 is 2.05 bits per heavy atom. The summed E-state index contributed by atoms with van der Waals surface area (Å²) in [5.41, 5.74) is 0.402. The summed E-state index contributed by atoms with van der Waals surface area (Å²) in [4.78, 5) is 24.2. The fourth-order valence-corrected chi connectivity index (χ4v) is 2.21. The second-order valence-electron chi connectivity index (χ2n) is 4.52. The number of carbonyl (C=O) groups excluding carboxylic acids is 2. The molecule has 7 heteroatoms. The van der Waals surface area contributed by atoms with Crippen LogP contribution in [0.2, 0.25) is 5.02 Å². The highest BCUT2D eigenvalue weighted by Gasteiger charge is 2.24. The maximum atomic E-state index is 12.2. The molecule has 0 aliphatic carbocycles. The Morgan fingerprint density at radius 1 is 1.41 bits per heavy atom. The van der Waals surface area contributed by atoms with Gasteiger partial charge in [-0.25, -0.2) is 4.79 Å². The van der Waals surface area contributed by atoms with Crippen LogP contribution in [0.25, 0.3) is 0 Å². The molecule has 118 valence electrons. The Bertz CT molecular complexity index is 557. The molecule has 2 atom stereocenters. The normalized spacial score (nSPS) is 12.8. The highest BCUT2D eigenvalue weighted by atomic mass is 35.5. The summed E-state index contributed by atoms with van der Waals surface area (Å²) in [5.74, 6) is -0.309. The van der Waals surface area contributed by atoms with Crippen molar-refractivity contribution in [1.29, 1.82) is 5.26 Å². The molecule has 22 heavy (non-hydrogen) atoms. The van der Waals surface area contributed by atoms with Crippen LogP contribution in [0, 0.1) is 11.3 Å². The smallest absolute Gasteiger partial charge is 0.329 e. The number of amides is 1. The maximum absolute atomic E-state index is 12.2. The lowest BCUT2D eigenvalue weighted by molar-refractivity contribution is -0.148. The lowest BCUT2D eigenvalue weighted by atomic mass is 10.1. The zero-order valence-electron chi connectivity index (χ0n) is 12.3. The summed E-state index contributed by atoms with van der Waals surface area (Å²) in [7, 11) is 0. The van der Waals surface area contributed by atoms with Crippen molar-refractivity contribution in [3.05, 3.63) is 34.9 Å². The lowest BCUT2D eigenvalue weighted by Crippen LogP contribution is -2.43. The van der Waals surface area contributed by atoms with E-state index in [1.54, 1.807) is 36.0 Å². The van der Waals surface area contributed by atoms with Crippen LogP contribution in [0.1, 0.15) is 23.7 Å². The maximum Gasteiger partial charge on any atom is 0.329 e. The topological polar surface area (TPSA) is 79.2 Å². The summed E-state index contributed by atoms with van der Waals surface area (Å²) in [6.07, 6.45) is 1.48. The summed E-state index contributed by atoms with van der Waals surface area (Å²) in [5, 5.41) is 11.9. The summed E-state index contributed by atoms with van der Waals surface area (Å²) >= 11 is 7.33. The number of carbonyl (C=O) groups is 2. The van der Waals surface area contributed by atoms with Crippen molar-refractivity contribution >= 4 is 35.2 Å². The number of hydrogen-bond acceptors (Lipinski definition) is 5. The van der Waals surface area contributed by atoms with Gasteiger partial charge in [0.25, 0.3) is 5.91 Å². The fourth-order valence-electron chi connectivity index (χ4n) is 1.61. The van der Waals surface area contributed by atoms with Gasteiger partial charge in [0.15, 0.2) is 6.10 Å². The van der Waals surface area contributed by atoms with Crippen LogP contribution < -0.4 is 5.32 Å². The van der Waals surface area contributed by atoms with Crippen LogP contribution in [-0.4, -0.2) is 36.0 Å². The number of nitrogens with zero attached hydrogens (tertiary/aromatic N) is 1. The number of nitriles is 1. The van der Waals surface area contributed by atoms with Gasteiger partial charge < -0.3 is 10.1 Å². The molecule has 0 radical (unpaired) electrons. The molecule has 1 aromatic carbocycles. The van der Waals surface area contributed by atoms with Gasteiger partial charge in [-0.2, -0.15) is 17.0 Å². The van der Waals surface area contributed by atoms with Crippen LogP contribution in [0.5, 0.6) is 0 Å². The second-order valence-corrected chi connectivity index (χ2v) is 5.94. The number of rotatable bonds is 7. The van der Waals surface area contributed by atoms with Crippen LogP contribution in [0.4, 0.5) is 0 Å². The first-order valence-corrected chi connectivity index (χ1v) is 8.40. The van der Waals surface area contributed by atoms with Crippen molar-refractivity contribution in [2.75, 3.05) is 12.0 Å². The third-order valence-electron chi connectivity index (χ3n) is 2.78. The van der Waals surface area contributed by atoms with Crippen molar-refractivity contribution < 1.29 is 14.3 Å². The Morgan fingerprint density at radius 3 is 2.59 bits per heavy atom. The van der Waals surface area contributed by atoms with Crippen LogP contribution >= 0.6 is 23.4 Å². The number of halogens is 1. The molecule has 0 bridgehead atoms. The standard InChI is InChI=1S/C15H17ClN2O3S/c1-10(9-17)21-15(20)13(7-8-22-2)18-14(19)11-3-5-12(16)6-4-11/h3-6,10,13H,7-8H2,1-2H3,(H,18,19)/t10-,13-/m0/s1. The number of esters is 1. The van der Waals surface area contributed by atoms with Gasteiger partial charge in [0.2, 0.25) is 0 Å². The Labute approximate surface area is 139 Å². The molecule has 0 aliphatic heterocycles. The Balaban J connectivity index is 2.75. The summed E-state index contributed by atoms with van der Waals surface area (Å²) < 4.78 is 4.97. The van der Waals surface area contributed by atoms with Crippen molar-refractivity contribution in [2.45, 2.75) is 25.5 Å².